The van der Waals surface area contributed by atoms with Gasteiger partial charge in [0.1, 0.15) is 22.3 Å². The molecule has 0 amide bonds. The quantitative estimate of drug-likeness (QED) is 0.143. The Hall–Kier alpha value is -14.0. The molecule has 0 fully saturated rings. The summed E-state index contributed by atoms with van der Waals surface area (Å²) in [7, 11) is 0. The molecule has 22 aromatic rings. The van der Waals surface area contributed by atoms with E-state index in [2.05, 4.69) is 309 Å². The minimum Gasteiger partial charge on any atom is -0.456 e. The molecule has 474 valence electrons. The van der Waals surface area contributed by atoms with Crippen LogP contribution in [0.2, 0.25) is 0 Å². The van der Waals surface area contributed by atoms with Crippen LogP contribution in [-0.2, 0) is 0 Å². The highest BCUT2D eigenvalue weighted by molar-refractivity contribution is 6.26. The van der Waals surface area contributed by atoms with Gasteiger partial charge < -0.3 is 18.0 Å². The molecule has 0 unspecified atom stereocenters. The SMILES string of the molecule is c1ccc(-c2cc(-c3cccc(-c4ccc(-n5c6ccccc6c6cc7c(cc65)c5ccc6c8ccccc8oc6c5n7-c5nc(-c6ccccc6)cc(-c6ccccc6)n5)cc4)c3)nc(-n3c4cc5c(cc4c4cc6c7ccccc7n(-c7ccccc7)c6cc43)oc3ccccc35)n2)cc1. The minimum absolute atomic E-state index is 0.557. The first-order valence-electron chi connectivity index (χ1n) is 34.4. The molecule has 0 radical (unpaired) electrons. The van der Waals surface area contributed by atoms with Crippen molar-refractivity contribution in [2.24, 2.45) is 0 Å². The van der Waals surface area contributed by atoms with E-state index in [-0.39, 0.29) is 0 Å². The van der Waals surface area contributed by atoms with Crippen molar-refractivity contribution in [2.75, 3.05) is 0 Å². The molecule has 0 aliphatic heterocycles. The van der Waals surface area contributed by atoms with Crippen molar-refractivity contribution in [3.63, 3.8) is 0 Å². The molecule has 0 spiro atoms. The van der Waals surface area contributed by atoms with E-state index in [1.165, 1.54) is 5.39 Å². The van der Waals surface area contributed by atoms with Crippen molar-refractivity contribution in [1.82, 2.24) is 38.2 Å². The topological polar surface area (TPSA) is 97.6 Å². The molecule has 14 aromatic carbocycles. The van der Waals surface area contributed by atoms with Crippen molar-refractivity contribution in [2.45, 2.75) is 0 Å². The third-order valence-electron chi connectivity index (χ3n) is 20.8. The van der Waals surface area contributed by atoms with Crippen molar-refractivity contribution < 1.29 is 8.83 Å². The van der Waals surface area contributed by atoms with Crippen LogP contribution in [0.3, 0.4) is 0 Å². The molecule has 8 heterocycles. The monoisotopic (exact) mass is 1300 g/mol. The molecule has 0 aliphatic rings. The Morgan fingerprint density at radius 3 is 1.24 bits per heavy atom. The summed E-state index contributed by atoms with van der Waals surface area (Å²) >= 11 is 0. The summed E-state index contributed by atoms with van der Waals surface area (Å²) in [6.45, 7) is 0. The van der Waals surface area contributed by atoms with Gasteiger partial charge in [0.2, 0.25) is 11.9 Å². The number of hydrogen-bond acceptors (Lipinski definition) is 6. The number of nitrogens with zero attached hydrogens (tertiary/aromatic N) is 8. The molecular formula is C92H54N8O2. The zero-order chi connectivity index (χ0) is 66.7. The van der Waals surface area contributed by atoms with Gasteiger partial charge in [-0.15, -0.1) is 0 Å². The zero-order valence-electron chi connectivity index (χ0n) is 54.6. The Bertz CT molecular complexity index is 7170. The van der Waals surface area contributed by atoms with E-state index in [1.54, 1.807) is 0 Å². The van der Waals surface area contributed by atoms with E-state index in [0.717, 1.165) is 193 Å². The first kappa shape index (κ1) is 56.1. The molecule has 0 saturated heterocycles. The van der Waals surface area contributed by atoms with Crippen LogP contribution < -0.4 is 0 Å². The van der Waals surface area contributed by atoms with Gasteiger partial charge >= 0.3 is 0 Å². The highest BCUT2D eigenvalue weighted by atomic mass is 16.3. The summed E-state index contributed by atoms with van der Waals surface area (Å²) in [6, 6.07) is 116. The van der Waals surface area contributed by atoms with Gasteiger partial charge in [0, 0.05) is 98.3 Å². The van der Waals surface area contributed by atoms with E-state index < -0.39 is 0 Å². The molecule has 10 nitrogen and oxygen atoms in total. The fourth-order valence-corrected chi connectivity index (χ4v) is 16.1. The molecule has 0 saturated carbocycles. The summed E-state index contributed by atoms with van der Waals surface area (Å²) in [5, 5.41) is 13.0. The second kappa shape index (κ2) is 21.8. The van der Waals surface area contributed by atoms with Gasteiger partial charge in [0.15, 0.2) is 5.58 Å². The number of benzene rings is 14. The summed E-state index contributed by atoms with van der Waals surface area (Å²) in [4.78, 5) is 22.2. The Labute approximate surface area is 581 Å². The molecule has 8 aromatic heterocycles. The lowest BCUT2D eigenvalue weighted by Crippen LogP contribution is -2.04. The predicted octanol–water partition coefficient (Wildman–Crippen LogP) is 23.8. The lowest BCUT2D eigenvalue weighted by molar-refractivity contribution is 0.669. The van der Waals surface area contributed by atoms with Crippen molar-refractivity contribution >= 4 is 131 Å². The summed E-state index contributed by atoms with van der Waals surface area (Å²) < 4.78 is 22.9. The van der Waals surface area contributed by atoms with E-state index in [0.29, 0.717) is 11.9 Å². The van der Waals surface area contributed by atoms with Crippen LogP contribution in [0.5, 0.6) is 0 Å². The lowest BCUT2D eigenvalue weighted by atomic mass is 10.0. The fourth-order valence-electron chi connectivity index (χ4n) is 16.1. The van der Waals surface area contributed by atoms with Crippen LogP contribution in [-0.4, -0.2) is 38.2 Å². The van der Waals surface area contributed by atoms with Crippen LogP contribution in [0.25, 0.3) is 211 Å². The maximum atomic E-state index is 6.94. The van der Waals surface area contributed by atoms with Gasteiger partial charge in [-0.25, -0.2) is 19.9 Å². The Morgan fingerprint density at radius 2 is 0.608 bits per heavy atom. The number of rotatable bonds is 9. The van der Waals surface area contributed by atoms with Gasteiger partial charge in [-0.05, 0) is 120 Å². The number of para-hydroxylation sites is 5. The third-order valence-corrected chi connectivity index (χ3v) is 20.8. The van der Waals surface area contributed by atoms with Crippen LogP contribution in [0, 0.1) is 0 Å². The van der Waals surface area contributed by atoms with Gasteiger partial charge in [-0.1, -0.05) is 218 Å². The molecular weight excluding hydrogens is 1250 g/mol. The Kier molecular flexibility index (Phi) is 12.0. The largest absolute Gasteiger partial charge is 0.456 e. The number of aromatic nitrogens is 8. The molecule has 0 bridgehead atoms. The second-order valence-electron chi connectivity index (χ2n) is 26.5. The number of hydrogen-bond donors (Lipinski definition) is 0. The first-order valence-corrected chi connectivity index (χ1v) is 34.4. The maximum absolute atomic E-state index is 6.94. The highest BCUT2D eigenvalue weighted by Crippen LogP contribution is 2.47. The van der Waals surface area contributed by atoms with E-state index in [4.69, 9.17) is 28.8 Å². The van der Waals surface area contributed by atoms with E-state index in [9.17, 15) is 0 Å². The Morgan fingerprint density at radius 1 is 0.196 bits per heavy atom. The Balaban J connectivity index is 0.708. The smallest absolute Gasteiger partial charge is 0.235 e. The van der Waals surface area contributed by atoms with Gasteiger partial charge in [-0.2, -0.15) is 0 Å². The molecule has 0 N–H and O–H groups in total. The molecule has 102 heavy (non-hydrogen) atoms. The zero-order valence-corrected chi connectivity index (χ0v) is 54.6. The molecule has 0 aliphatic carbocycles. The maximum Gasteiger partial charge on any atom is 0.235 e. The lowest BCUT2D eigenvalue weighted by Gasteiger charge is -2.13. The summed E-state index contributed by atoms with van der Waals surface area (Å²) in [6.07, 6.45) is 0. The van der Waals surface area contributed by atoms with Gasteiger partial charge in [0.25, 0.3) is 0 Å². The van der Waals surface area contributed by atoms with Crippen molar-refractivity contribution in [1.29, 1.82) is 0 Å². The van der Waals surface area contributed by atoms with Crippen LogP contribution in [0.4, 0.5) is 0 Å². The van der Waals surface area contributed by atoms with E-state index in [1.807, 2.05) is 36.4 Å². The van der Waals surface area contributed by atoms with Crippen molar-refractivity contribution in [3.8, 4) is 79.4 Å². The fraction of sp³-hybridized carbons (Fsp3) is 0. The van der Waals surface area contributed by atoms with Gasteiger partial charge in [-0.3, -0.25) is 9.13 Å². The molecule has 0 atom stereocenters. The van der Waals surface area contributed by atoms with E-state index >= 15 is 0 Å². The van der Waals surface area contributed by atoms with Crippen LogP contribution >= 0.6 is 0 Å². The van der Waals surface area contributed by atoms with Crippen LogP contribution in [0.15, 0.2) is 336 Å². The standard InChI is InChI=1S/C92H54N8O2/c1-5-22-56(23-6-1)75-52-76(57-24-7-2-8-25-57)95-92(94-75)100-83-48-71-64-33-14-18-37-80(64)98(81(71)49-72(83)67-44-45-68-65-34-15-20-39-87(65)102-90(68)89(67)100)62-42-40-55(41-43-62)59-28-21-29-60(46-59)78-53-77(58-26-9-3-10-27-58)93-91(96-78)99-82-50-74-66-35-16-19-38-86(66)101-88(74)51-73(82)70-47-69-63-32-13-17-36-79(63)97(84(69)54-85(70)99)61-30-11-4-12-31-61/h1-54H. The molecule has 22 rings (SSSR count). The minimum atomic E-state index is 0.557. The number of fused-ring (bicyclic) bond motifs is 19. The second-order valence-corrected chi connectivity index (χ2v) is 26.5. The highest BCUT2D eigenvalue weighted by Gasteiger charge is 2.27. The van der Waals surface area contributed by atoms with Gasteiger partial charge in [0.05, 0.1) is 61.4 Å². The average Bonchev–Trinajstić information content (AvgIpc) is 1.55. The first-order chi connectivity index (χ1) is 50.5. The summed E-state index contributed by atoms with van der Waals surface area (Å²) in [5.41, 5.74) is 23.0. The van der Waals surface area contributed by atoms with Crippen LogP contribution in [0.1, 0.15) is 0 Å². The third kappa shape index (κ3) is 8.47. The normalized spacial score (nSPS) is 12.1. The predicted molar refractivity (Wildman–Crippen MR) is 417 cm³/mol. The molecule has 10 heteroatoms. The van der Waals surface area contributed by atoms with Crippen molar-refractivity contribution in [3.05, 3.63) is 328 Å². The number of furan rings is 2. The average molecular weight is 1300 g/mol. The summed E-state index contributed by atoms with van der Waals surface area (Å²) in [5.74, 6) is 1.12.